The van der Waals surface area contributed by atoms with Crippen molar-refractivity contribution in [3.05, 3.63) is 58.5 Å². The van der Waals surface area contributed by atoms with E-state index in [9.17, 15) is 8.42 Å². The molecule has 0 radical (unpaired) electrons. The molecule has 0 saturated heterocycles. The maximum atomic E-state index is 10.7. The summed E-state index contributed by atoms with van der Waals surface area (Å²) in [6.07, 6.45) is 12.4. The van der Waals surface area contributed by atoms with Crippen LogP contribution < -0.4 is 5.32 Å². The molecule has 1 aliphatic carbocycles. The van der Waals surface area contributed by atoms with Crippen LogP contribution in [0.15, 0.2) is 58.5 Å². The number of hydrogen-bond acceptors (Lipinski definition) is 4. The number of thioether (sulfide) groups is 1. The first-order valence-electron chi connectivity index (χ1n) is 7.11. The van der Waals surface area contributed by atoms with E-state index in [1.165, 1.54) is 0 Å². The maximum absolute atomic E-state index is 10.7. The van der Waals surface area contributed by atoms with Gasteiger partial charge in [-0.3, -0.25) is 4.55 Å². The first-order chi connectivity index (χ1) is 10.3. The predicted molar refractivity (Wildman–Crippen MR) is 95.1 cm³/mol. The molecule has 6 heteroatoms. The number of rotatable bonds is 8. The molecule has 22 heavy (non-hydrogen) atoms. The molecule has 4 nitrogen and oxygen atoms in total. The molecule has 0 aromatic heterocycles. The minimum absolute atomic E-state index is 0.239. The zero-order chi connectivity index (χ0) is 16.6. The minimum atomic E-state index is -3.90. The molecule has 0 saturated carbocycles. The second-order valence-electron chi connectivity index (χ2n) is 4.99. The number of allylic oxidation sites excluding steroid dienone is 6. The summed E-state index contributed by atoms with van der Waals surface area (Å²) >= 11 is 1.58. The van der Waals surface area contributed by atoms with Crippen LogP contribution in [0, 0.1) is 5.92 Å². The summed E-state index contributed by atoms with van der Waals surface area (Å²) < 4.78 is 30.2. The van der Waals surface area contributed by atoms with Crippen LogP contribution in [0.25, 0.3) is 0 Å². The summed E-state index contributed by atoms with van der Waals surface area (Å²) in [6, 6.07) is 0. The Balaban J connectivity index is 2.71. The number of nitrogens with one attached hydrogen (secondary N) is 1. The van der Waals surface area contributed by atoms with Crippen LogP contribution in [0.2, 0.25) is 0 Å². The average Bonchev–Trinajstić information content (AvgIpc) is 2.56. The van der Waals surface area contributed by atoms with Gasteiger partial charge in [-0.05, 0) is 25.3 Å². The third-order valence-electron chi connectivity index (χ3n) is 2.85. The lowest BCUT2D eigenvalue weighted by atomic mass is 10.1. The van der Waals surface area contributed by atoms with E-state index in [1.807, 2.05) is 31.2 Å². The van der Waals surface area contributed by atoms with Gasteiger partial charge in [-0.15, -0.1) is 0 Å². The molecular formula is C16H23NO3S2. The Kier molecular flexibility index (Phi) is 7.72. The van der Waals surface area contributed by atoms with Gasteiger partial charge in [0.05, 0.1) is 5.75 Å². The lowest BCUT2D eigenvalue weighted by molar-refractivity contribution is 0.480. The highest BCUT2D eigenvalue weighted by molar-refractivity contribution is 8.07. The Bertz CT molecular complexity index is 613. The maximum Gasteiger partial charge on any atom is 0.264 e. The fourth-order valence-corrected chi connectivity index (χ4v) is 3.40. The highest BCUT2D eigenvalue weighted by Crippen LogP contribution is 2.32. The first kappa shape index (κ1) is 18.8. The smallest absolute Gasteiger partial charge is 0.264 e. The largest absolute Gasteiger partial charge is 0.384 e. The monoisotopic (exact) mass is 341 g/mol. The fourth-order valence-electron chi connectivity index (χ4n) is 1.87. The molecule has 1 unspecified atom stereocenters. The molecule has 0 amide bonds. The minimum Gasteiger partial charge on any atom is -0.384 e. The normalized spacial score (nSPS) is 18.8. The Labute approximate surface area is 137 Å². The van der Waals surface area contributed by atoms with Crippen molar-refractivity contribution in [2.24, 2.45) is 5.92 Å². The summed E-state index contributed by atoms with van der Waals surface area (Å²) in [5, 5.41) is 3.23. The molecule has 0 spiro atoms. The van der Waals surface area contributed by atoms with E-state index in [-0.39, 0.29) is 5.75 Å². The van der Waals surface area contributed by atoms with Gasteiger partial charge in [0.1, 0.15) is 0 Å². The van der Waals surface area contributed by atoms with Gasteiger partial charge in [0.15, 0.2) is 0 Å². The molecule has 1 atom stereocenters. The van der Waals surface area contributed by atoms with Gasteiger partial charge in [0.25, 0.3) is 10.1 Å². The van der Waals surface area contributed by atoms with E-state index in [0.717, 1.165) is 15.5 Å². The third kappa shape index (κ3) is 7.68. The lowest BCUT2D eigenvalue weighted by Crippen LogP contribution is -2.18. The van der Waals surface area contributed by atoms with Crippen molar-refractivity contribution in [2.75, 3.05) is 12.3 Å². The van der Waals surface area contributed by atoms with Gasteiger partial charge < -0.3 is 5.32 Å². The Morgan fingerprint density at radius 1 is 1.55 bits per heavy atom. The zero-order valence-corrected chi connectivity index (χ0v) is 14.6. The van der Waals surface area contributed by atoms with Crippen LogP contribution >= 0.6 is 11.8 Å². The van der Waals surface area contributed by atoms with Crippen LogP contribution in [0.5, 0.6) is 0 Å². The van der Waals surface area contributed by atoms with E-state index in [0.29, 0.717) is 18.9 Å². The van der Waals surface area contributed by atoms with Crippen LogP contribution in [-0.2, 0) is 10.1 Å². The Morgan fingerprint density at radius 2 is 2.27 bits per heavy atom. The fraction of sp³-hybridized carbons (Fsp3) is 0.375. The van der Waals surface area contributed by atoms with E-state index < -0.39 is 10.1 Å². The van der Waals surface area contributed by atoms with Gasteiger partial charge in [-0.1, -0.05) is 55.6 Å². The summed E-state index contributed by atoms with van der Waals surface area (Å²) in [4.78, 5) is 2.00. The molecule has 1 aliphatic rings. The van der Waals surface area contributed by atoms with Crippen LogP contribution in [-0.4, -0.2) is 25.3 Å². The molecule has 122 valence electrons. The molecule has 0 bridgehead atoms. The highest BCUT2D eigenvalue weighted by Gasteiger charge is 2.11. The molecular weight excluding hydrogens is 318 g/mol. The SMILES string of the molecule is C=C(/C=C/C)SC1=CC(C)C=CC=C1NCCCS(=O)(=O)O. The van der Waals surface area contributed by atoms with Crippen molar-refractivity contribution in [3.8, 4) is 0 Å². The van der Waals surface area contributed by atoms with Crippen molar-refractivity contribution < 1.29 is 13.0 Å². The quantitative estimate of drug-likeness (QED) is 0.401. The standard InChI is InChI=1S/C16H23NO3S2/c1-4-7-14(3)21-16-12-13(2)8-5-9-15(16)17-10-6-11-22(18,19)20/h4-5,7-9,12-13,17H,3,6,10-11H2,1-2H3,(H,18,19,20)/b7-4+. The third-order valence-corrected chi connectivity index (χ3v) is 4.62. The van der Waals surface area contributed by atoms with Gasteiger partial charge in [-0.2, -0.15) is 8.42 Å². The van der Waals surface area contributed by atoms with Gasteiger partial charge in [0.2, 0.25) is 0 Å². The summed E-state index contributed by atoms with van der Waals surface area (Å²) in [7, 11) is -3.90. The predicted octanol–water partition coefficient (Wildman–Crippen LogP) is 3.65. The molecule has 1 rings (SSSR count). The first-order valence-corrected chi connectivity index (χ1v) is 9.53. The molecule has 0 heterocycles. The van der Waals surface area contributed by atoms with Crippen LogP contribution in [0.3, 0.4) is 0 Å². The van der Waals surface area contributed by atoms with E-state index in [4.69, 9.17) is 4.55 Å². The lowest BCUT2D eigenvalue weighted by Gasteiger charge is -2.14. The topological polar surface area (TPSA) is 66.4 Å². The van der Waals surface area contributed by atoms with E-state index in [2.05, 4.69) is 31.0 Å². The highest BCUT2D eigenvalue weighted by atomic mass is 32.2. The molecule has 2 N–H and O–H groups in total. The van der Waals surface area contributed by atoms with Crippen molar-refractivity contribution in [2.45, 2.75) is 20.3 Å². The number of hydrogen-bond donors (Lipinski definition) is 2. The van der Waals surface area contributed by atoms with E-state index >= 15 is 0 Å². The van der Waals surface area contributed by atoms with E-state index in [1.54, 1.807) is 11.8 Å². The van der Waals surface area contributed by atoms with Gasteiger partial charge >= 0.3 is 0 Å². The Morgan fingerprint density at radius 3 is 2.91 bits per heavy atom. The van der Waals surface area contributed by atoms with Crippen molar-refractivity contribution >= 4 is 21.9 Å². The van der Waals surface area contributed by atoms with Crippen molar-refractivity contribution in [1.82, 2.24) is 5.32 Å². The molecule has 0 aromatic rings. The zero-order valence-electron chi connectivity index (χ0n) is 13.0. The van der Waals surface area contributed by atoms with Crippen molar-refractivity contribution in [3.63, 3.8) is 0 Å². The van der Waals surface area contributed by atoms with Crippen LogP contribution in [0.4, 0.5) is 0 Å². The molecule has 0 aliphatic heterocycles. The summed E-state index contributed by atoms with van der Waals surface area (Å²) in [5.41, 5.74) is 0.937. The summed E-state index contributed by atoms with van der Waals surface area (Å²) in [6.45, 7) is 8.53. The summed E-state index contributed by atoms with van der Waals surface area (Å²) in [5.74, 6) is 0.0751. The Hall–Kier alpha value is -1.24. The molecule has 0 fully saturated rings. The average molecular weight is 341 g/mol. The molecule has 0 aromatic carbocycles. The van der Waals surface area contributed by atoms with Gasteiger partial charge in [0, 0.05) is 22.1 Å². The van der Waals surface area contributed by atoms with Crippen molar-refractivity contribution in [1.29, 1.82) is 0 Å². The van der Waals surface area contributed by atoms with Crippen LogP contribution in [0.1, 0.15) is 20.3 Å². The van der Waals surface area contributed by atoms with Gasteiger partial charge in [-0.25, -0.2) is 0 Å². The second kappa shape index (κ2) is 9.02. The second-order valence-corrected chi connectivity index (χ2v) is 7.73.